The summed E-state index contributed by atoms with van der Waals surface area (Å²) in [5.74, 6) is 8.46. The van der Waals surface area contributed by atoms with Gasteiger partial charge in [-0.25, -0.2) is 5.84 Å². The molecule has 1 aromatic heterocycles. The Balaban J connectivity index is 2.00. The molecular weight excluding hydrogens is 242 g/mol. The van der Waals surface area contributed by atoms with Gasteiger partial charge in [-0.1, -0.05) is 13.3 Å². The molecule has 2 unspecified atom stereocenters. The highest BCUT2D eigenvalue weighted by Gasteiger charge is 2.21. The van der Waals surface area contributed by atoms with E-state index in [1.807, 2.05) is 19.0 Å². The van der Waals surface area contributed by atoms with Gasteiger partial charge in [0.15, 0.2) is 0 Å². The summed E-state index contributed by atoms with van der Waals surface area (Å²) in [6, 6.07) is 0. The van der Waals surface area contributed by atoms with E-state index in [1.165, 1.54) is 19.3 Å². The van der Waals surface area contributed by atoms with Gasteiger partial charge >= 0.3 is 0 Å². The van der Waals surface area contributed by atoms with Gasteiger partial charge in [0.25, 0.3) is 0 Å². The van der Waals surface area contributed by atoms with Crippen LogP contribution in [0.3, 0.4) is 0 Å². The number of nitrogens with two attached hydrogens (primary N) is 1. The van der Waals surface area contributed by atoms with Gasteiger partial charge in [-0.2, -0.15) is 15.0 Å². The lowest BCUT2D eigenvalue weighted by Gasteiger charge is -2.15. The number of aromatic nitrogens is 3. The zero-order chi connectivity index (χ0) is 13.8. The Morgan fingerprint density at radius 2 is 1.95 bits per heavy atom. The monoisotopic (exact) mass is 265 g/mol. The summed E-state index contributed by atoms with van der Waals surface area (Å²) in [6.45, 7) is 3.22. The second-order valence-corrected chi connectivity index (χ2v) is 5.49. The molecule has 1 saturated carbocycles. The largest absolute Gasteiger partial charge is 0.354 e. The zero-order valence-electron chi connectivity index (χ0n) is 11.8. The Bertz CT molecular complexity index is 421. The van der Waals surface area contributed by atoms with Crippen LogP contribution in [0.25, 0.3) is 0 Å². The maximum absolute atomic E-state index is 5.38. The van der Waals surface area contributed by atoms with E-state index in [4.69, 9.17) is 5.84 Å². The standard InChI is InChI=1S/C12H23N7/c1-8-4-5-9(6-8)7-14-10-15-11(18-13)17-12(16-10)19(2)3/h8-9H,4-7,13H2,1-3H3,(H2,14,15,16,17,18). The molecule has 2 rings (SSSR count). The summed E-state index contributed by atoms with van der Waals surface area (Å²) in [4.78, 5) is 14.6. The van der Waals surface area contributed by atoms with Crippen molar-refractivity contribution >= 4 is 17.8 Å². The number of nitrogens with zero attached hydrogens (tertiary/aromatic N) is 4. The van der Waals surface area contributed by atoms with Crippen LogP contribution in [0.1, 0.15) is 26.2 Å². The molecule has 1 aromatic rings. The SMILES string of the molecule is CC1CCC(CNc2nc(NN)nc(N(C)C)n2)C1. The van der Waals surface area contributed by atoms with Crippen LogP contribution < -0.4 is 21.5 Å². The number of hydrazine groups is 1. The lowest BCUT2D eigenvalue weighted by Crippen LogP contribution is -2.20. The molecule has 0 amide bonds. The molecular formula is C12H23N7. The van der Waals surface area contributed by atoms with Crippen molar-refractivity contribution in [1.29, 1.82) is 0 Å². The highest BCUT2D eigenvalue weighted by molar-refractivity contribution is 5.42. The average Bonchev–Trinajstić information content (AvgIpc) is 2.81. The van der Waals surface area contributed by atoms with Gasteiger partial charge in [0, 0.05) is 20.6 Å². The average molecular weight is 265 g/mol. The van der Waals surface area contributed by atoms with E-state index in [0.29, 0.717) is 23.8 Å². The first-order valence-electron chi connectivity index (χ1n) is 6.72. The van der Waals surface area contributed by atoms with Gasteiger partial charge in [0.2, 0.25) is 17.8 Å². The first kappa shape index (κ1) is 13.8. The van der Waals surface area contributed by atoms with Gasteiger partial charge < -0.3 is 10.2 Å². The molecule has 4 N–H and O–H groups in total. The number of nitrogen functional groups attached to an aromatic ring is 1. The maximum atomic E-state index is 5.38. The molecule has 1 heterocycles. The summed E-state index contributed by atoms with van der Waals surface area (Å²) >= 11 is 0. The molecule has 19 heavy (non-hydrogen) atoms. The molecule has 0 aliphatic heterocycles. The zero-order valence-corrected chi connectivity index (χ0v) is 11.8. The van der Waals surface area contributed by atoms with Crippen molar-refractivity contribution in [1.82, 2.24) is 15.0 Å². The van der Waals surface area contributed by atoms with E-state index >= 15 is 0 Å². The topological polar surface area (TPSA) is 92.0 Å². The predicted octanol–water partition coefficient (Wildman–Crippen LogP) is 1.07. The summed E-state index contributed by atoms with van der Waals surface area (Å²) in [7, 11) is 3.77. The highest BCUT2D eigenvalue weighted by atomic mass is 15.4. The van der Waals surface area contributed by atoms with Gasteiger partial charge in [-0.15, -0.1) is 0 Å². The van der Waals surface area contributed by atoms with Crippen molar-refractivity contribution in [3.63, 3.8) is 0 Å². The number of anilines is 3. The van der Waals surface area contributed by atoms with Crippen LogP contribution in [-0.4, -0.2) is 35.6 Å². The molecule has 2 atom stereocenters. The quantitative estimate of drug-likeness (QED) is 0.541. The van der Waals surface area contributed by atoms with E-state index in [9.17, 15) is 0 Å². The molecule has 0 bridgehead atoms. The fraction of sp³-hybridized carbons (Fsp3) is 0.750. The third kappa shape index (κ3) is 3.66. The van der Waals surface area contributed by atoms with Crippen LogP contribution >= 0.6 is 0 Å². The van der Waals surface area contributed by atoms with Crippen molar-refractivity contribution in [3.8, 4) is 0 Å². The first-order valence-corrected chi connectivity index (χ1v) is 6.72. The van der Waals surface area contributed by atoms with Crippen molar-refractivity contribution in [2.24, 2.45) is 17.7 Å². The molecule has 7 heteroatoms. The van der Waals surface area contributed by atoms with Crippen LogP contribution in [0.4, 0.5) is 17.8 Å². The summed E-state index contributed by atoms with van der Waals surface area (Å²) in [5.41, 5.74) is 2.47. The van der Waals surface area contributed by atoms with Crippen LogP contribution in [-0.2, 0) is 0 Å². The number of nitrogens with one attached hydrogen (secondary N) is 2. The third-order valence-corrected chi connectivity index (χ3v) is 3.50. The Hall–Kier alpha value is -1.63. The van der Waals surface area contributed by atoms with Crippen LogP contribution in [0.5, 0.6) is 0 Å². The molecule has 0 aromatic carbocycles. The Morgan fingerprint density at radius 1 is 1.21 bits per heavy atom. The fourth-order valence-corrected chi connectivity index (χ4v) is 2.45. The minimum atomic E-state index is 0.376. The van der Waals surface area contributed by atoms with E-state index in [2.05, 4.69) is 32.6 Å². The minimum Gasteiger partial charge on any atom is -0.354 e. The van der Waals surface area contributed by atoms with Crippen molar-refractivity contribution in [2.75, 3.05) is 36.3 Å². The Kier molecular flexibility index (Phi) is 4.36. The van der Waals surface area contributed by atoms with E-state index < -0.39 is 0 Å². The second-order valence-electron chi connectivity index (χ2n) is 5.49. The lowest BCUT2D eigenvalue weighted by molar-refractivity contribution is 0.536. The van der Waals surface area contributed by atoms with Gasteiger partial charge in [0.05, 0.1) is 0 Å². The smallest absolute Gasteiger partial charge is 0.243 e. The summed E-state index contributed by atoms with van der Waals surface area (Å²) in [5, 5.41) is 3.29. The molecule has 0 spiro atoms. The summed E-state index contributed by atoms with van der Waals surface area (Å²) < 4.78 is 0. The van der Waals surface area contributed by atoms with E-state index in [-0.39, 0.29) is 0 Å². The lowest BCUT2D eigenvalue weighted by atomic mass is 10.1. The Morgan fingerprint density at radius 3 is 2.53 bits per heavy atom. The van der Waals surface area contributed by atoms with Crippen LogP contribution in [0.15, 0.2) is 0 Å². The number of rotatable bonds is 5. The second kappa shape index (κ2) is 6.01. The highest BCUT2D eigenvalue weighted by Crippen LogP contribution is 2.30. The predicted molar refractivity (Wildman–Crippen MR) is 77.0 cm³/mol. The number of hydrogen-bond donors (Lipinski definition) is 3. The minimum absolute atomic E-state index is 0.376. The van der Waals surface area contributed by atoms with Crippen LogP contribution in [0.2, 0.25) is 0 Å². The Labute approximate surface area is 114 Å². The summed E-state index contributed by atoms with van der Waals surface area (Å²) in [6.07, 6.45) is 3.88. The van der Waals surface area contributed by atoms with Crippen molar-refractivity contribution in [3.05, 3.63) is 0 Å². The van der Waals surface area contributed by atoms with Crippen molar-refractivity contribution < 1.29 is 0 Å². The van der Waals surface area contributed by atoms with E-state index in [1.54, 1.807) is 0 Å². The molecule has 106 valence electrons. The third-order valence-electron chi connectivity index (χ3n) is 3.50. The molecule has 0 saturated heterocycles. The van der Waals surface area contributed by atoms with Gasteiger partial charge in [-0.3, -0.25) is 5.43 Å². The molecule has 1 fully saturated rings. The maximum Gasteiger partial charge on any atom is 0.243 e. The molecule has 0 radical (unpaired) electrons. The molecule has 1 aliphatic rings. The number of hydrogen-bond acceptors (Lipinski definition) is 7. The molecule has 7 nitrogen and oxygen atoms in total. The van der Waals surface area contributed by atoms with Gasteiger partial charge in [0.1, 0.15) is 0 Å². The first-order chi connectivity index (χ1) is 9.08. The van der Waals surface area contributed by atoms with Gasteiger partial charge in [-0.05, 0) is 24.7 Å². The van der Waals surface area contributed by atoms with E-state index in [0.717, 1.165) is 12.5 Å². The van der Waals surface area contributed by atoms with Crippen LogP contribution in [0, 0.1) is 11.8 Å². The fourth-order valence-electron chi connectivity index (χ4n) is 2.45. The normalized spacial score (nSPS) is 22.3. The van der Waals surface area contributed by atoms with Crippen molar-refractivity contribution in [2.45, 2.75) is 26.2 Å². The molecule has 1 aliphatic carbocycles.